The Hall–Kier alpha value is -0.620. The van der Waals surface area contributed by atoms with E-state index in [4.69, 9.17) is 21.9 Å². The molecule has 0 saturated heterocycles. The Balaban J connectivity index is 3.09. The molecule has 0 aliphatic rings. The SMILES string of the molecule is O=S(NO)c1ccc(O)cc1Cl. The maximum Gasteiger partial charge on any atom is 0.150 e. The zero-order chi connectivity index (χ0) is 9.14. The number of benzene rings is 1. The van der Waals surface area contributed by atoms with Crippen LogP contribution in [0.1, 0.15) is 0 Å². The van der Waals surface area contributed by atoms with Crippen molar-refractivity contribution in [3.8, 4) is 5.75 Å². The maximum atomic E-state index is 10.9. The van der Waals surface area contributed by atoms with E-state index in [9.17, 15) is 4.21 Å². The summed E-state index contributed by atoms with van der Waals surface area (Å²) in [5.41, 5.74) is 0. The van der Waals surface area contributed by atoms with E-state index in [0.29, 0.717) is 0 Å². The summed E-state index contributed by atoms with van der Waals surface area (Å²) in [5.74, 6) is -0.0151. The lowest BCUT2D eigenvalue weighted by Gasteiger charge is -2.01. The van der Waals surface area contributed by atoms with E-state index < -0.39 is 11.0 Å². The van der Waals surface area contributed by atoms with Gasteiger partial charge >= 0.3 is 0 Å². The highest BCUT2D eigenvalue weighted by molar-refractivity contribution is 7.83. The molecule has 4 nitrogen and oxygen atoms in total. The summed E-state index contributed by atoms with van der Waals surface area (Å²) in [5, 5.41) is 17.4. The predicted octanol–water partition coefficient (Wildman–Crippen LogP) is 1.05. The Morgan fingerprint density at radius 1 is 1.50 bits per heavy atom. The number of halogens is 1. The van der Waals surface area contributed by atoms with E-state index in [1.807, 2.05) is 0 Å². The molecule has 0 aromatic heterocycles. The fourth-order valence-electron chi connectivity index (χ4n) is 0.689. The number of phenols is 1. The van der Waals surface area contributed by atoms with Crippen molar-refractivity contribution in [1.82, 2.24) is 4.89 Å². The molecule has 66 valence electrons. The van der Waals surface area contributed by atoms with E-state index in [1.54, 1.807) is 4.89 Å². The average Bonchev–Trinajstić information content (AvgIpc) is 2.03. The number of hydrogen-bond donors (Lipinski definition) is 3. The number of aromatic hydroxyl groups is 1. The average molecular weight is 208 g/mol. The molecule has 0 saturated carbocycles. The minimum atomic E-state index is -1.75. The van der Waals surface area contributed by atoms with Gasteiger partial charge < -0.3 is 10.3 Å². The zero-order valence-electron chi connectivity index (χ0n) is 5.82. The third-order valence-electron chi connectivity index (χ3n) is 1.20. The van der Waals surface area contributed by atoms with Crippen molar-refractivity contribution in [2.45, 2.75) is 4.90 Å². The fraction of sp³-hybridized carbons (Fsp3) is 0. The van der Waals surface area contributed by atoms with Crippen molar-refractivity contribution < 1.29 is 14.5 Å². The molecule has 0 heterocycles. The Kier molecular flexibility index (Phi) is 3.05. The fourth-order valence-corrected chi connectivity index (χ4v) is 1.60. The second-order valence-electron chi connectivity index (χ2n) is 1.97. The Morgan fingerprint density at radius 3 is 2.67 bits per heavy atom. The van der Waals surface area contributed by atoms with E-state index in [1.165, 1.54) is 18.2 Å². The second kappa shape index (κ2) is 3.86. The smallest absolute Gasteiger partial charge is 0.150 e. The topological polar surface area (TPSA) is 69.6 Å². The molecule has 1 rings (SSSR count). The van der Waals surface area contributed by atoms with Gasteiger partial charge in [-0.15, -0.1) is 4.89 Å². The van der Waals surface area contributed by atoms with Gasteiger partial charge in [0.2, 0.25) is 0 Å². The molecule has 1 unspecified atom stereocenters. The molecule has 6 heteroatoms. The lowest BCUT2D eigenvalue weighted by Crippen LogP contribution is -2.11. The first-order valence-corrected chi connectivity index (χ1v) is 4.48. The van der Waals surface area contributed by atoms with Crippen LogP contribution in [0.15, 0.2) is 23.1 Å². The van der Waals surface area contributed by atoms with Crippen LogP contribution in [0.5, 0.6) is 5.75 Å². The Bertz CT molecular complexity index is 318. The molecule has 0 aliphatic heterocycles. The van der Waals surface area contributed by atoms with Crippen LogP contribution in [0.2, 0.25) is 5.02 Å². The molecule has 0 radical (unpaired) electrons. The van der Waals surface area contributed by atoms with Crippen LogP contribution in [0.4, 0.5) is 0 Å². The van der Waals surface area contributed by atoms with Gasteiger partial charge in [-0.1, -0.05) is 11.6 Å². The maximum absolute atomic E-state index is 10.9. The highest BCUT2D eigenvalue weighted by Crippen LogP contribution is 2.23. The predicted molar refractivity (Wildman–Crippen MR) is 44.4 cm³/mol. The molecule has 1 atom stereocenters. The molecular weight excluding hydrogens is 202 g/mol. The van der Waals surface area contributed by atoms with Crippen LogP contribution in [0.25, 0.3) is 0 Å². The Morgan fingerprint density at radius 2 is 2.17 bits per heavy atom. The largest absolute Gasteiger partial charge is 0.508 e. The summed E-state index contributed by atoms with van der Waals surface area (Å²) < 4.78 is 10.9. The molecule has 0 bridgehead atoms. The minimum Gasteiger partial charge on any atom is -0.508 e. The summed E-state index contributed by atoms with van der Waals surface area (Å²) in [7, 11) is -1.75. The standard InChI is InChI=1S/C6H6ClNO3S/c7-5-3-4(9)1-2-6(5)12(11)8-10/h1-3,8-10H. The van der Waals surface area contributed by atoms with Crippen LogP contribution in [0.3, 0.4) is 0 Å². The van der Waals surface area contributed by atoms with Gasteiger partial charge in [0.15, 0.2) is 0 Å². The highest BCUT2D eigenvalue weighted by atomic mass is 35.5. The lowest BCUT2D eigenvalue weighted by molar-refractivity contribution is 0.251. The summed E-state index contributed by atoms with van der Waals surface area (Å²) in [6.07, 6.45) is 0. The number of hydrogen-bond acceptors (Lipinski definition) is 3. The van der Waals surface area contributed by atoms with Gasteiger partial charge in [0.05, 0.1) is 9.92 Å². The zero-order valence-corrected chi connectivity index (χ0v) is 7.39. The molecule has 0 aliphatic carbocycles. The van der Waals surface area contributed by atoms with Crippen molar-refractivity contribution in [3.63, 3.8) is 0 Å². The van der Waals surface area contributed by atoms with E-state index in [-0.39, 0.29) is 15.7 Å². The van der Waals surface area contributed by atoms with Gasteiger partial charge in [0.25, 0.3) is 0 Å². The van der Waals surface area contributed by atoms with Crippen molar-refractivity contribution in [3.05, 3.63) is 23.2 Å². The van der Waals surface area contributed by atoms with Gasteiger partial charge in [0.1, 0.15) is 16.7 Å². The van der Waals surface area contributed by atoms with Crippen molar-refractivity contribution in [2.24, 2.45) is 0 Å². The molecule has 1 aromatic carbocycles. The molecule has 0 fully saturated rings. The summed E-state index contributed by atoms with van der Waals surface area (Å²) in [6.45, 7) is 0. The third kappa shape index (κ3) is 1.95. The quantitative estimate of drug-likeness (QED) is 0.635. The van der Waals surface area contributed by atoms with Gasteiger partial charge in [-0.05, 0) is 18.2 Å². The molecule has 0 amide bonds. The van der Waals surface area contributed by atoms with E-state index >= 15 is 0 Å². The number of nitrogens with one attached hydrogen (secondary N) is 1. The van der Waals surface area contributed by atoms with Gasteiger partial charge in [-0.2, -0.15) is 0 Å². The summed E-state index contributed by atoms with van der Waals surface area (Å²) in [4.78, 5) is 1.77. The van der Waals surface area contributed by atoms with E-state index in [0.717, 1.165) is 0 Å². The lowest BCUT2D eigenvalue weighted by atomic mass is 10.3. The monoisotopic (exact) mass is 207 g/mol. The van der Waals surface area contributed by atoms with Gasteiger partial charge in [-0.3, -0.25) is 0 Å². The second-order valence-corrected chi connectivity index (χ2v) is 3.54. The summed E-state index contributed by atoms with van der Waals surface area (Å²) in [6, 6.07) is 3.93. The first-order valence-electron chi connectivity index (χ1n) is 2.95. The highest BCUT2D eigenvalue weighted by Gasteiger charge is 2.07. The van der Waals surface area contributed by atoms with Crippen LogP contribution in [-0.4, -0.2) is 14.5 Å². The minimum absolute atomic E-state index is 0.0151. The number of rotatable bonds is 2. The van der Waals surface area contributed by atoms with Crippen LogP contribution in [0, 0.1) is 0 Å². The van der Waals surface area contributed by atoms with Crippen molar-refractivity contribution >= 4 is 22.6 Å². The van der Waals surface area contributed by atoms with Gasteiger partial charge in [-0.25, -0.2) is 4.21 Å². The van der Waals surface area contributed by atoms with Crippen molar-refractivity contribution in [1.29, 1.82) is 0 Å². The first-order chi connectivity index (χ1) is 5.65. The normalized spacial score (nSPS) is 12.8. The molecule has 12 heavy (non-hydrogen) atoms. The molecular formula is C6H6ClNO3S. The molecule has 1 aromatic rings. The first kappa shape index (κ1) is 9.47. The third-order valence-corrected chi connectivity index (χ3v) is 2.54. The van der Waals surface area contributed by atoms with Crippen LogP contribution < -0.4 is 4.89 Å². The van der Waals surface area contributed by atoms with Crippen LogP contribution >= 0.6 is 11.6 Å². The van der Waals surface area contributed by atoms with Crippen molar-refractivity contribution in [2.75, 3.05) is 0 Å². The van der Waals surface area contributed by atoms with Crippen LogP contribution in [-0.2, 0) is 11.0 Å². The Labute approximate surface area is 76.3 Å². The molecule has 3 N–H and O–H groups in total. The summed E-state index contributed by atoms with van der Waals surface area (Å²) >= 11 is 5.60. The van der Waals surface area contributed by atoms with Gasteiger partial charge in [0, 0.05) is 0 Å². The van der Waals surface area contributed by atoms with E-state index in [2.05, 4.69) is 0 Å². The molecule has 0 spiro atoms. The number of phenolic OH excluding ortho intramolecular Hbond substituents is 1.